The maximum Gasteiger partial charge on any atom is 0.411 e. The molecule has 0 fully saturated rings. The fraction of sp³-hybridized carbons (Fsp3) is 0.556. The van der Waals surface area contributed by atoms with Crippen LogP contribution < -0.4 is 17.0 Å². The number of hydrogen-bond donors (Lipinski definition) is 1. The minimum absolute atomic E-state index is 0.230. The summed E-state index contributed by atoms with van der Waals surface area (Å²) in [4.78, 5) is 23.1. The van der Waals surface area contributed by atoms with Gasteiger partial charge in [0.25, 0.3) is 5.56 Å². The second kappa shape index (κ2) is 5.25. The lowest BCUT2D eigenvalue weighted by Gasteiger charge is -2.11. The van der Waals surface area contributed by atoms with Crippen molar-refractivity contribution in [3.05, 3.63) is 27.0 Å². The molecule has 0 saturated carbocycles. The molecule has 0 atom stereocenters. The second-order valence-electron chi connectivity index (χ2n) is 3.48. The Morgan fingerprint density at radius 2 is 2.00 bits per heavy atom. The van der Waals surface area contributed by atoms with Crippen molar-refractivity contribution in [2.75, 3.05) is 12.3 Å². The molecule has 6 nitrogen and oxygen atoms in total. The van der Waals surface area contributed by atoms with Crippen molar-refractivity contribution in [3.8, 4) is 0 Å². The van der Waals surface area contributed by atoms with E-state index in [1.807, 2.05) is 0 Å². The minimum atomic E-state index is -4.52. The Labute approximate surface area is 99.4 Å². The van der Waals surface area contributed by atoms with Gasteiger partial charge in [-0.2, -0.15) is 13.2 Å². The van der Waals surface area contributed by atoms with E-state index in [4.69, 9.17) is 5.73 Å². The molecule has 1 aromatic rings. The molecule has 0 unspecified atom stereocenters. The smallest absolute Gasteiger partial charge is 0.393 e. The first-order valence-corrected chi connectivity index (χ1v) is 5.00. The third-order valence-electron chi connectivity index (χ3n) is 2.09. The fourth-order valence-corrected chi connectivity index (χ4v) is 1.27. The van der Waals surface area contributed by atoms with Gasteiger partial charge in [-0.25, -0.2) is 9.36 Å². The SMILES string of the molecule is CCn1cc(N)c(=O)n(COCC(F)(F)F)c1=O. The van der Waals surface area contributed by atoms with E-state index >= 15 is 0 Å². The van der Waals surface area contributed by atoms with Crippen LogP contribution in [0.3, 0.4) is 0 Å². The number of aryl methyl sites for hydroxylation is 1. The Morgan fingerprint density at radius 3 is 2.50 bits per heavy atom. The summed E-state index contributed by atoms with van der Waals surface area (Å²) < 4.78 is 41.5. The number of aromatic nitrogens is 2. The Morgan fingerprint density at radius 1 is 1.39 bits per heavy atom. The monoisotopic (exact) mass is 267 g/mol. The van der Waals surface area contributed by atoms with E-state index in [9.17, 15) is 22.8 Å². The predicted molar refractivity (Wildman–Crippen MR) is 57.1 cm³/mol. The van der Waals surface area contributed by atoms with Crippen LogP contribution in [0.25, 0.3) is 0 Å². The molecule has 102 valence electrons. The summed E-state index contributed by atoms with van der Waals surface area (Å²) in [6.07, 6.45) is -3.38. The first-order chi connectivity index (χ1) is 8.26. The van der Waals surface area contributed by atoms with Gasteiger partial charge in [0.05, 0.1) is 0 Å². The summed E-state index contributed by atoms with van der Waals surface area (Å²) in [5.41, 5.74) is 3.49. The van der Waals surface area contributed by atoms with Crippen LogP contribution in [0.5, 0.6) is 0 Å². The van der Waals surface area contributed by atoms with E-state index in [-0.39, 0.29) is 12.2 Å². The molecule has 0 aliphatic heterocycles. The highest BCUT2D eigenvalue weighted by Gasteiger charge is 2.27. The zero-order valence-electron chi connectivity index (χ0n) is 9.53. The molecule has 0 radical (unpaired) electrons. The number of ether oxygens (including phenoxy) is 1. The Balaban J connectivity index is 2.99. The summed E-state index contributed by atoms with van der Waals surface area (Å²) >= 11 is 0. The van der Waals surface area contributed by atoms with E-state index in [0.29, 0.717) is 4.57 Å². The van der Waals surface area contributed by atoms with Gasteiger partial charge in [-0.15, -0.1) is 0 Å². The van der Waals surface area contributed by atoms with Gasteiger partial charge in [-0.05, 0) is 6.92 Å². The molecule has 1 aromatic heterocycles. The van der Waals surface area contributed by atoms with Crippen LogP contribution in [-0.2, 0) is 18.0 Å². The highest BCUT2D eigenvalue weighted by atomic mass is 19.4. The molecule has 1 heterocycles. The Hall–Kier alpha value is -1.77. The standard InChI is InChI=1S/C9H12F3N3O3/c1-2-14-3-6(13)7(16)15(8(14)17)5-18-4-9(10,11)12/h3H,2,4-5,13H2,1H3. The van der Waals surface area contributed by atoms with Gasteiger partial charge in [0.2, 0.25) is 0 Å². The molecular weight excluding hydrogens is 255 g/mol. The molecule has 0 aromatic carbocycles. The van der Waals surface area contributed by atoms with Gasteiger partial charge in [0, 0.05) is 12.7 Å². The number of halogens is 3. The van der Waals surface area contributed by atoms with E-state index in [0.717, 1.165) is 10.8 Å². The summed E-state index contributed by atoms with van der Waals surface area (Å²) in [5.74, 6) is 0. The largest absolute Gasteiger partial charge is 0.411 e. The summed E-state index contributed by atoms with van der Waals surface area (Å²) in [6.45, 7) is -0.461. The van der Waals surface area contributed by atoms with Crippen molar-refractivity contribution >= 4 is 5.69 Å². The molecule has 0 spiro atoms. The molecule has 18 heavy (non-hydrogen) atoms. The van der Waals surface area contributed by atoms with Crippen molar-refractivity contribution < 1.29 is 17.9 Å². The van der Waals surface area contributed by atoms with E-state index in [1.54, 1.807) is 6.92 Å². The van der Waals surface area contributed by atoms with E-state index in [1.165, 1.54) is 0 Å². The summed E-state index contributed by atoms with van der Waals surface area (Å²) in [5, 5.41) is 0. The lowest BCUT2D eigenvalue weighted by atomic mass is 10.5. The minimum Gasteiger partial charge on any atom is -0.393 e. The van der Waals surface area contributed by atoms with Crippen LogP contribution in [-0.4, -0.2) is 21.9 Å². The normalized spacial score (nSPS) is 11.8. The van der Waals surface area contributed by atoms with Crippen molar-refractivity contribution in [2.45, 2.75) is 26.4 Å². The third-order valence-corrected chi connectivity index (χ3v) is 2.09. The predicted octanol–water partition coefficient (Wildman–Crippen LogP) is 0.148. The zero-order chi connectivity index (χ0) is 13.9. The highest BCUT2D eigenvalue weighted by Crippen LogP contribution is 2.14. The molecular formula is C9H12F3N3O3. The van der Waals surface area contributed by atoms with Gasteiger partial charge >= 0.3 is 11.9 Å². The van der Waals surface area contributed by atoms with Gasteiger partial charge in [-0.1, -0.05) is 0 Å². The number of rotatable bonds is 4. The van der Waals surface area contributed by atoms with Crippen LogP contribution in [0.15, 0.2) is 15.8 Å². The number of nitrogens with zero attached hydrogens (tertiary/aromatic N) is 2. The highest BCUT2D eigenvalue weighted by molar-refractivity contribution is 5.30. The lowest BCUT2D eigenvalue weighted by molar-refractivity contribution is -0.182. The quantitative estimate of drug-likeness (QED) is 0.842. The van der Waals surface area contributed by atoms with E-state index < -0.39 is 30.8 Å². The lowest BCUT2D eigenvalue weighted by Crippen LogP contribution is -2.41. The average molecular weight is 267 g/mol. The molecule has 0 aliphatic rings. The number of nitrogen functional groups attached to an aromatic ring is 1. The first kappa shape index (κ1) is 14.3. The Kier molecular flexibility index (Phi) is 4.17. The molecule has 9 heteroatoms. The number of alkyl halides is 3. The number of hydrogen-bond acceptors (Lipinski definition) is 4. The van der Waals surface area contributed by atoms with Gasteiger partial charge in [-0.3, -0.25) is 9.36 Å². The van der Waals surface area contributed by atoms with Crippen LogP contribution in [0, 0.1) is 0 Å². The molecule has 1 rings (SSSR count). The van der Waals surface area contributed by atoms with Crippen molar-refractivity contribution in [2.24, 2.45) is 0 Å². The van der Waals surface area contributed by atoms with Crippen LogP contribution in [0.1, 0.15) is 6.92 Å². The average Bonchev–Trinajstić information content (AvgIpc) is 2.26. The molecule has 2 N–H and O–H groups in total. The first-order valence-electron chi connectivity index (χ1n) is 5.00. The number of anilines is 1. The molecule has 0 aliphatic carbocycles. The topological polar surface area (TPSA) is 79.2 Å². The fourth-order valence-electron chi connectivity index (χ4n) is 1.27. The van der Waals surface area contributed by atoms with Crippen molar-refractivity contribution in [3.63, 3.8) is 0 Å². The van der Waals surface area contributed by atoms with Crippen molar-refractivity contribution in [1.29, 1.82) is 0 Å². The van der Waals surface area contributed by atoms with Crippen LogP contribution in [0.2, 0.25) is 0 Å². The van der Waals surface area contributed by atoms with Crippen LogP contribution in [0.4, 0.5) is 18.9 Å². The maximum absolute atomic E-state index is 11.9. The molecule has 0 amide bonds. The zero-order valence-corrected chi connectivity index (χ0v) is 9.53. The Bertz CT molecular complexity index is 533. The van der Waals surface area contributed by atoms with Gasteiger partial charge in [0.1, 0.15) is 19.0 Å². The van der Waals surface area contributed by atoms with Crippen molar-refractivity contribution in [1.82, 2.24) is 9.13 Å². The van der Waals surface area contributed by atoms with E-state index in [2.05, 4.69) is 4.74 Å². The van der Waals surface area contributed by atoms with Gasteiger partial charge in [0.15, 0.2) is 0 Å². The maximum atomic E-state index is 11.9. The van der Waals surface area contributed by atoms with Gasteiger partial charge < -0.3 is 10.5 Å². The summed E-state index contributed by atoms with van der Waals surface area (Å²) in [6, 6.07) is 0. The second-order valence-corrected chi connectivity index (χ2v) is 3.48. The molecule has 0 bridgehead atoms. The number of nitrogens with two attached hydrogens (primary N) is 1. The third kappa shape index (κ3) is 3.36. The van der Waals surface area contributed by atoms with Crippen LogP contribution >= 0.6 is 0 Å². The molecule has 0 saturated heterocycles. The summed E-state index contributed by atoms with van der Waals surface area (Å²) in [7, 11) is 0.